The molecule has 0 saturated carbocycles. The van der Waals surface area contributed by atoms with Crippen LogP contribution >= 0.6 is 11.3 Å². The van der Waals surface area contributed by atoms with E-state index in [4.69, 9.17) is 4.74 Å². The molecule has 0 saturated heterocycles. The fourth-order valence-electron chi connectivity index (χ4n) is 1.68. The van der Waals surface area contributed by atoms with E-state index < -0.39 is 5.41 Å². The summed E-state index contributed by atoms with van der Waals surface area (Å²) in [5.74, 6) is -0.683. The first kappa shape index (κ1) is 13.7. The first-order valence-corrected chi connectivity index (χ1v) is 6.64. The van der Waals surface area contributed by atoms with Gasteiger partial charge in [-0.05, 0) is 26.0 Å². The number of ether oxygens (including phenoxy) is 1. The van der Waals surface area contributed by atoms with E-state index in [0.29, 0.717) is 16.3 Å². The van der Waals surface area contributed by atoms with Crippen LogP contribution in [0.5, 0.6) is 0 Å². The van der Waals surface area contributed by atoms with Crippen LogP contribution in [-0.4, -0.2) is 18.1 Å². The minimum atomic E-state index is -0.839. The van der Waals surface area contributed by atoms with E-state index in [0.717, 1.165) is 0 Å². The maximum absolute atomic E-state index is 13.7. The summed E-state index contributed by atoms with van der Waals surface area (Å²) in [5, 5.41) is 2.32. The van der Waals surface area contributed by atoms with Crippen molar-refractivity contribution >= 4 is 17.3 Å². The zero-order valence-electron chi connectivity index (χ0n) is 10.9. The molecule has 100 valence electrons. The van der Waals surface area contributed by atoms with E-state index in [1.807, 2.05) is 0 Å². The molecule has 0 aliphatic heterocycles. The van der Waals surface area contributed by atoms with E-state index in [-0.39, 0.29) is 11.8 Å². The Bertz CT molecular complexity index is 607. The van der Waals surface area contributed by atoms with Gasteiger partial charge in [0, 0.05) is 10.9 Å². The first-order valence-electron chi connectivity index (χ1n) is 5.76. The van der Waals surface area contributed by atoms with Gasteiger partial charge in [0.05, 0.1) is 12.8 Å². The molecule has 1 aromatic heterocycles. The van der Waals surface area contributed by atoms with Crippen molar-refractivity contribution in [1.82, 2.24) is 4.98 Å². The third-order valence-electron chi connectivity index (χ3n) is 2.94. The Morgan fingerprint density at radius 2 is 2.05 bits per heavy atom. The van der Waals surface area contributed by atoms with Gasteiger partial charge in [0.1, 0.15) is 16.2 Å². The molecule has 5 heteroatoms. The van der Waals surface area contributed by atoms with E-state index in [1.165, 1.54) is 24.5 Å². The molecule has 1 heterocycles. The minimum absolute atomic E-state index is 0.320. The summed E-state index contributed by atoms with van der Waals surface area (Å²) >= 11 is 1.31. The standard InChI is InChI=1S/C14H14FNO2S/c1-14(2,13(17)18-3)11-8-19-12(16-11)9-6-4-5-7-10(9)15/h4-8H,1-3H3. The molecule has 0 bridgehead atoms. The van der Waals surface area contributed by atoms with Gasteiger partial charge in [-0.25, -0.2) is 9.37 Å². The molecule has 2 aromatic rings. The van der Waals surface area contributed by atoms with E-state index in [9.17, 15) is 9.18 Å². The maximum Gasteiger partial charge on any atom is 0.317 e. The highest BCUT2D eigenvalue weighted by molar-refractivity contribution is 7.13. The number of aromatic nitrogens is 1. The smallest absolute Gasteiger partial charge is 0.317 e. The van der Waals surface area contributed by atoms with Crippen LogP contribution in [0.15, 0.2) is 29.6 Å². The molecule has 0 unspecified atom stereocenters. The summed E-state index contributed by atoms with van der Waals surface area (Å²) in [4.78, 5) is 16.1. The molecule has 0 amide bonds. The second-order valence-electron chi connectivity index (χ2n) is 4.63. The third-order valence-corrected chi connectivity index (χ3v) is 3.82. The van der Waals surface area contributed by atoms with Crippen LogP contribution in [-0.2, 0) is 14.9 Å². The van der Waals surface area contributed by atoms with Gasteiger partial charge in [-0.3, -0.25) is 4.79 Å². The molecule has 19 heavy (non-hydrogen) atoms. The highest BCUT2D eigenvalue weighted by Crippen LogP contribution is 2.31. The molecular weight excluding hydrogens is 265 g/mol. The van der Waals surface area contributed by atoms with Gasteiger partial charge in [-0.2, -0.15) is 0 Å². The molecule has 0 aliphatic carbocycles. The van der Waals surface area contributed by atoms with Crippen molar-refractivity contribution in [3.8, 4) is 10.6 Å². The minimum Gasteiger partial charge on any atom is -0.468 e. The second kappa shape index (κ2) is 5.09. The number of carbonyl (C=O) groups excluding carboxylic acids is 1. The molecule has 0 radical (unpaired) electrons. The van der Waals surface area contributed by atoms with Gasteiger partial charge >= 0.3 is 5.97 Å². The van der Waals surface area contributed by atoms with Crippen LogP contribution in [0, 0.1) is 5.82 Å². The van der Waals surface area contributed by atoms with Crippen LogP contribution in [0.4, 0.5) is 4.39 Å². The van der Waals surface area contributed by atoms with Crippen molar-refractivity contribution in [2.24, 2.45) is 0 Å². The van der Waals surface area contributed by atoms with Gasteiger partial charge < -0.3 is 4.74 Å². The Balaban J connectivity index is 2.40. The van der Waals surface area contributed by atoms with E-state index in [1.54, 1.807) is 37.4 Å². The molecule has 1 aromatic carbocycles. The zero-order valence-corrected chi connectivity index (χ0v) is 11.8. The van der Waals surface area contributed by atoms with Crippen molar-refractivity contribution in [2.75, 3.05) is 7.11 Å². The lowest BCUT2D eigenvalue weighted by molar-refractivity contribution is -0.146. The molecule has 2 rings (SSSR count). The Hall–Kier alpha value is -1.75. The summed E-state index contributed by atoms with van der Waals surface area (Å²) in [6.45, 7) is 3.47. The quantitative estimate of drug-likeness (QED) is 0.808. The molecule has 0 spiro atoms. The van der Waals surface area contributed by atoms with Crippen LogP contribution in [0.25, 0.3) is 10.6 Å². The largest absolute Gasteiger partial charge is 0.468 e. The Labute approximate surface area is 115 Å². The number of carbonyl (C=O) groups is 1. The Kier molecular flexibility index (Phi) is 3.66. The van der Waals surface area contributed by atoms with Crippen molar-refractivity contribution in [3.63, 3.8) is 0 Å². The van der Waals surface area contributed by atoms with Crippen LogP contribution < -0.4 is 0 Å². The lowest BCUT2D eigenvalue weighted by Gasteiger charge is -2.18. The number of esters is 1. The number of hydrogen-bond acceptors (Lipinski definition) is 4. The highest BCUT2D eigenvalue weighted by atomic mass is 32.1. The predicted molar refractivity (Wildman–Crippen MR) is 72.6 cm³/mol. The summed E-state index contributed by atoms with van der Waals surface area (Å²) in [6, 6.07) is 6.45. The fraction of sp³-hybridized carbons (Fsp3) is 0.286. The van der Waals surface area contributed by atoms with Crippen LogP contribution in [0.1, 0.15) is 19.5 Å². The summed E-state index contributed by atoms with van der Waals surface area (Å²) in [5.41, 5.74) is 0.191. The number of hydrogen-bond donors (Lipinski definition) is 0. The van der Waals surface area contributed by atoms with E-state index >= 15 is 0 Å². The summed E-state index contributed by atoms with van der Waals surface area (Å²) in [7, 11) is 1.34. The Morgan fingerprint density at radius 1 is 1.37 bits per heavy atom. The molecule has 0 N–H and O–H groups in total. The fourth-order valence-corrected chi connectivity index (χ4v) is 2.69. The lowest BCUT2D eigenvalue weighted by atomic mass is 9.90. The first-order chi connectivity index (χ1) is 8.96. The number of rotatable bonds is 3. The number of nitrogens with zero attached hydrogens (tertiary/aromatic N) is 1. The topological polar surface area (TPSA) is 39.2 Å². The monoisotopic (exact) mass is 279 g/mol. The average molecular weight is 279 g/mol. The third kappa shape index (κ3) is 2.51. The van der Waals surface area contributed by atoms with E-state index in [2.05, 4.69) is 4.98 Å². The van der Waals surface area contributed by atoms with Crippen molar-refractivity contribution in [2.45, 2.75) is 19.3 Å². The maximum atomic E-state index is 13.7. The SMILES string of the molecule is COC(=O)C(C)(C)c1csc(-c2ccccc2F)n1. The highest BCUT2D eigenvalue weighted by Gasteiger charge is 2.33. The number of benzene rings is 1. The molecule has 3 nitrogen and oxygen atoms in total. The van der Waals surface area contributed by atoms with Gasteiger partial charge in [-0.15, -0.1) is 11.3 Å². The van der Waals surface area contributed by atoms with Gasteiger partial charge in [0.2, 0.25) is 0 Å². The van der Waals surface area contributed by atoms with Crippen molar-refractivity contribution in [3.05, 3.63) is 41.2 Å². The number of methoxy groups -OCH3 is 1. The molecule has 0 aliphatic rings. The summed E-state index contributed by atoms with van der Waals surface area (Å²) < 4.78 is 18.4. The van der Waals surface area contributed by atoms with Crippen LogP contribution in [0.3, 0.4) is 0 Å². The average Bonchev–Trinajstić information content (AvgIpc) is 2.88. The normalized spacial score (nSPS) is 11.4. The Morgan fingerprint density at radius 3 is 2.68 bits per heavy atom. The van der Waals surface area contributed by atoms with Crippen molar-refractivity contribution < 1.29 is 13.9 Å². The lowest BCUT2D eigenvalue weighted by Crippen LogP contribution is -2.30. The second-order valence-corrected chi connectivity index (χ2v) is 5.49. The van der Waals surface area contributed by atoms with Gasteiger partial charge in [0.25, 0.3) is 0 Å². The predicted octanol–water partition coefficient (Wildman–Crippen LogP) is 3.40. The number of thiazole rings is 1. The number of halogens is 1. The zero-order chi connectivity index (χ0) is 14.0. The molecule has 0 atom stereocenters. The van der Waals surface area contributed by atoms with Gasteiger partial charge in [0.15, 0.2) is 0 Å². The molecular formula is C14H14FNO2S. The molecule has 0 fully saturated rings. The van der Waals surface area contributed by atoms with Crippen LogP contribution in [0.2, 0.25) is 0 Å². The summed E-state index contributed by atoms with van der Waals surface area (Å²) in [6.07, 6.45) is 0. The van der Waals surface area contributed by atoms with Crippen molar-refractivity contribution in [1.29, 1.82) is 0 Å². The van der Waals surface area contributed by atoms with Gasteiger partial charge in [-0.1, -0.05) is 12.1 Å².